The molecule has 0 fully saturated rings. The summed E-state index contributed by atoms with van der Waals surface area (Å²) < 4.78 is 20.0. The average Bonchev–Trinajstić information content (AvgIpc) is 2.39. The molecule has 0 saturated carbocycles. The monoisotopic (exact) mass is 274 g/mol. The van der Waals surface area contributed by atoms with E-state index in [4.69, 9.17) is 4.74 Å². The topological polar surface area (TPSA) is 26.3 Å². The maximum absolute atomic E-state index is 13.3. The van der Waals surface area contributed by atoms with Crippen molar-refractivity contribution in [2.75, 3.05) is 7.11 Å². The molecule has 2 aromatic carbocycles. The fourth-order valence-corrected chi connectivity index (χ4v) is 3.36. The minimum Gasteiger partial charge on any atom is -0.495 e. The Bertz CT molecular complexity index is 852. The van der Waals surface area contributed by atoms with Gasteiger partial charge >= 0.3 is 0 Å². The van der Waals surface area contributed by atoms with E-state index in [-0.39, 0.29) is 11.2 Å². The van der Waals surface area contributed by atoms with Crippen LogP contribution in [0.2, 0.25) is 0 Å². The Morgan fingerprint density at radius 1 is 1.16 bits per heavy atom. The summed E-state index contributed by atoms with van der Waals surface area (Å²) in [6, 6.07) is 7.97. The van der Waals surface area contributed by atoms with Gasteiger partial charge in [-0.05, 0) is 42.8 Å². The largest absolute Gasteiger partial charge is 0.495 e. The summed E-state index contributed by atoms with van der Waals surface area (Å²) in [5.41, 5.74) is 0.890. The molecule has 3 aromatic rings. The van der Waals surface area contributed by atoms with Crippen molar-refractivity contribution in [2.45, 2.75) is 6.92 Å². The van der Waals surface area contributed by atoms with Gasteiger partial charge in [0.05, 0.1) is 11.8 Å². The highest BCUT2D eigenvalue weighted by molar-refractivity contribution is 7.24. The molecule has 0 N–H and O–H groups in total. The molecular weight excluding hydrogens is 263 g/mol. The Kier molecular flexibility index (Phi) is 2.75. The van der Waals surface area contributed by atoms with Gasteiger partial charge in [0, 0.05) is 15.5 Å². The van der Waals surface area contributed by atoms with Gasteiger partial charge in [-0.3, -0.25) is 4.79 Å². The zero-order valence-electron chi connectivity index (χ0n) is 10.5. The maximum Gasteiger partial charge on any atom is 0.196 e. The Morgan fingerprint density at radius 2 is 1.95 bits per heavy atom. The van der Waals surface area contributed by atoms with Crippen LogP contribution >= 0.6 is 11.3 Å². The zero-order chi connectivity index (χ0) is 13.6. The maximum atomic E-state index is 13.3. The molecule has 3 rings (SSSR count). The molecule has 0 atom stereocenters. The zero-order valence-corrected chi connectivity index (χ0v) is 11.3. The van der Waals surface area contributed by atoms with E-state index in [1.54, 1.807) is 7.11 Å². The third kappa shape index (κ3) is 1.88. The van der Waals surface area contributed by atoms with Gasteiger partial charge in [-0.25, -0.2) is 4.39 Å². The molecule has 4 heteroatoms. The first-order valence-electron chi connectivity index (χ1n) is 5.81. The van der Waals surface area contributed by atoms with Crippen molar-refractivity contribution in [3.8, 4) is 5.75 Å². The molecule has 19 heavy (non-hydrogen) atoms. The molecule has 2 nitrogen and oxygen atoms in total. The van der Waals surface area contributed by atoms with Crippen LogP contribution in [-0.2, 0) is 0 Å². The molecule has 0 amide bonds. The number of benzene rings is 2. The van der Waals surface area contributed by atoms with Crippen LogP contribution in [0.15, 0.2) is 35.1 Å². The molecule has 0 radical (unpaired) electrons. The lowest BCUT2D eigenvalue weighted by Crippen LogP contribution is -2.02. The Morgan fingerprint density at radius 3 is 2.68 bits per heavy atom. The van der Waals surface area contributed by atoms with Crippen LogP contribution in [0.1, 0.15) is 5.56 Å². The van der Waals surface area contributed by atoms with Gasteiger partial charge in [0.25, 0.3) is 0 Å². The van der Waals surface area contributed by atoms with Crippen LogP contribution in [0.3, 0.4) is 0 Å². The first-order chi connectivity index (χ1) is 9.10. The lowest BCUT2D eigenvalue weighted by Gasteiger charge is -2.07. The standard InChI is InChI=1S/C15H11FO2S/c1-8-5-11-14(17)10-4-3-9(16)7-13(10)19-15(11)12(6-8)18-2/h3-7H,1-2H3. The van der Waals surface area contributed by atoms with E-state index in [1.807, 2.05) is 19.1 Å². The first kappa shape index (κ1) is 12.1. The summed E-state index contributed by atoms with van der Waals surface area (Å²) in [5.74, 6) is 0.317. The second-order valence-corrected chi connectivity index (χ2v) is 5.47. The van der Waals surface area contributed by atoms with Gasteiger partial charge in [0.15, 0.2) is 5.43 Å². The fourth-order valence-electron chi connectivity index (χ4n) is 2.19. The van der Waals surface area contributed by atoms with Crippen LogP contribution in [0.25, 0.3) is 20.2 Å². The summed E-state index contributed by atoms with van der Waals surface area (Å²) in [5, 5.41) is 1.17. The van der Waals surface area contributed by atoms with Crippen molar-refractivity contribution in [1.82, 2.24) is 0 Å². The number of hydrogen-bond acceptors (Lipinski definition) is 3. The summed E-state index contributed by atoms with van der Waals surface area (Å²) in [6.45, 7) is 1.92. The van der Waals surface area contributed by atoms with Gasteiger partial charge in [-0.2, -0.15) is 0 Å². The van der Waals surface area contributed by atoms with Gasteiger partial charge in [-0.15, -0.1) is 11.3 Å². The first-order valence-corrected chi connectivity index (χ1v) is 6.62. The van der Waals surface area contributed by atoms with Crippen LogP contribution in [0.4, 0.5) is 4.39 Å². The van der Waals surface area contributed by atoms with Crippen LogP contribution in [0.5, 0.6) is 5.75 Å². The Hall–Kier alpha value is -1.94. The Labute approximate surface area is 113 Å². The summed E-state index contributed by atoms with van der Waals surface area (Å²) in [7, 11) is 1.57. The molecule has 0 bridgehead atoms. The van der Waals surface area contributed by atoms with E-state index < -0.39 is 0 Å². The number of halogens is 1. The predicted octanol–water partition coefficient (Wildman–Crippen LogP) is 3.87. The molecule has 0 unspecified atom stereocenters. The third-order valence-corrected chi connectivity index (χ3v) is 4.25. The normalized spacial score (nSPS) is 11.1. The molecule has 1 heterocycles. The van der Waals surface area contributed by atoms with E-state index >= 15 is 0 Å². The van der Waals surface area contributed by atoms with Gasteiger partial charge in [0.2, 0.25) is 0 Å². The van der Waals surface area contributed by atoms with E-state index in [9.17, 15) is 9.18 Å². The van der Waals surface area contributed by atoms with Gasteiger partial charge < -0.3 is 4.74 Å². The minimum absolute atomic E-state index is 0.0780. The van der Waals surface area contributed by atoms with Crippen molar-refractivity contribution in [1.29, 1.82) is 0 Å². The van der Waals surface area contributed by atoms with Crippen molar-refractivity contribution in [3.63, 3.8) is 0 Å². The van der Waals surface area contributed by atoms with Crippen molar-refractivity contribution >= 4 is 31.5 Å². The molecule has 0 aliphatic heterocycles. The molecule has 0 saturated heterocycles. The minimum atomic E-state index is -0.339. The quantitative estimate of drug-likeness (QED) is 0.630. The van der Waals surface area contributed by atoms with Crippen LogP contribution in [0, 0.1) is 12.7 Å². The third-order valence-electron chi connectivity index (χ3n) is 3.06. The summed E-state index contributed by atoms with van der Waals surface area (Å²) in [4.78, 5) is 12.4. The second kappa shape index (κ2) is 4.31. The van der Waals surface area contributed by atoms with Crippen molar-refractivity contribution < 1.29 is 9.13 Å². The average molecular weight is 274 g/mol. The number of hydrogen-bond donors (Lipinski definition) is 0. The van der Waals surface area contributed by atoms with Crippen LogP contribution < -0.4 is 10.2 Å². The highest BCUT2D eigenvalue weighted by Gasteiger charge is 2.11. The molecule has 0 aliphatic carbocycles. The number of ether oxygens (including phenoxy) is 1. The number of aryl methyl sites for hydroxylation is 1. The van der Waals surface area contributed by atoms with E-state index in [2.05, 4.69) is 0 Å². The lowest BCUT2D eigenvalue weighted by molar-refractivity contribution is 0.420. The lowest BCUT2D eigenvalue weighted by atomic mass is 10.1. The highest BCUT2D eigenvalue weighted by atomic mass is 32.1. The molecule has 0 spiro atoms. The number of fused-ring (bicyclic) bond motifs is 2. The molecule has 96 valence electrons. The van der Waals surface area contributed by atoms with Gasteiger partial charge in [0.1, 0.15) is 11.6 Å². The smallest absolute Gasteiger partial charge is 0.196 e. The highest BCUT2D eigenvalue weighted by Crippen LogP contribution is 2.33. The fraction of sp³-hybridized carbons (Fsp3) is 0.133. The molecule has 1 aromatic heterocycles. The SMILES string of the molecule is COc1cc(C)cc2c(=O)c3ccc(F)cc3sc12. The van der Waals surface area contributed by atoms with E-state index in [1.165, 1.54) is 29.5 Å². The predicted molar refractivity (Wildman–Crippen MR) is 76.8 cm³/mol. The van der Waals surface area contributed by atoms with Gasteiger partial charge in [-0.1, -0.05) is 0 Å². The number of methoxy groups -OCH3 is 1. The summed E-state index contributed by atoms with van der Waals surface area (Å²) >= 11 is 1.37. The molecular formula is C15H11FO2S. The Balaban J connectivity index is 2.57. The van der Waals surface area contributed by atoms with Crippen molar-refractivity contribution in [2.24, 2.45) is 0 Å². The van der Waals surface area contributed by atoms with E-state index in [0.717, 1.165) is 10.3 Å². The van der Waals surface area contributed by atoms with Crippen LogP contribution in [-0.4, -0.2) is 7.11 Å². The second-order valence-electron chi connectivity index (χ2n) is 4.42. The van der Waals surface area contributed by atoms with Crippen molar-refractivity contribution in [3.05, 3.63) is 51.9 Å². The summed E-state index contributed by atoms with van der Waals surface area (Å²) in [6.07, 6.45) is 0. The van der Waals surface area contributed by atoms with E-state index in [0.29, 0.717) is 21.2 Å². The molecule has 0 aliphatic rings. The number of rotatable bonds is 1.